The Bertz CT molecular complexity index is 701. The fraction of sp³-hybridized carbons (Fsp3) is 0.467. The van der Waals surface area contributed by atoms with Gasteiger partial charge < -0.3 is 15.4 Å². The first-order valence-corrected chi connectivity index (χ1v) is 9.06. The number of sulfonamides is 1. The molecule has 0 radical (unpaired) electrons. The summed E-state index contributed by atoms with van der Waals surface area (Å²) in [6.07, 6.45) is 2.40. The Morgan fingerprint density at radius 1 is 1.25 bits per heavy atom. The lowest BCUT2D eigenvalue weighted by molar-refractivity contribution is -0.139. The SMILES string of the molecule is COC(=O)CNS(=O)(=O)c1cccc(NC(=O)CNCC2CC2)c1. The molecule has 1 aromatic carbocycles. The van der Waals surface area contributed by atoms with Crippen molar-refractivity contribution in [2.75, 3.05) is 32.1 Å². The molecule has 0 aromatic heterocycles. The van der Waals surface area contributed by atoms with E-state index < -0.39 is 22.5 Å². The number of carbonyl (C=O) groups excluding carboxylic acids is 2. The van der Waals surface area contributed by atoms with E-state index >= 15 is 0 Å². The van der Waals surface area contributed by atoms with Gasteiger partial charge in [-0.2, -0.15) is 4.72 Å². The molecule has 0 bridgehead atoms. The van der Waals surface area contributed by atoms with Crippen molar-refractivity contribution in [2.45, 2.75) is 17.7 Å². The molecule has 1 saturated carbocycles. The quantitative estimate of drug-likeness (QED) is 0.541. The Hall–Kier alpha value is -1.97. The van der Waals surface area contributed by atoms with E-state index in [2.05, 4.69) is 20.1 Å². The van der Waals surface area contributed by atoms with Crippen molar-refractivity contribution in [2.24, 2.45) is 5.92 Å². The molecule has 1 aliphatic carbocycles. The molecular weight excluding hydrogens is 334 g/mol. The Balaban J connectivity index is 1.91. The zero-order chi connectivity index (χ0) is 17.6. The van der Waals surface area contributed by atoms with E-state index in [0.717, 1.165) is 6.54 Å². The highest BCUT2D eigenvalue weighted by atomic mass is 32.2. The molecule has 8 nitrogen and oxygen atoms in total. The third-order valence-corrected chi connectivity index (χ3v) is 4.88. The molecule has 1 fully saturated rings. The highest BCUT2D eigenvalue weighted by Gasteiger charge is 2.20. The molecule has 0 aliphatic heterocycles. The maximum absolute atomic E-state index is 12.1. The summed E-state index contributed by atoms with van der Waals surface area (Å²) in [4.78, 5) is 22.8. The Kier molecular flexibility index (Phi) is 6.29. The van der Waals surface area contributed by atoms with Crippen LogP contribution in [0.3, 0.4) is 0 Å². The third-order valence-electron chi connectivity index (χ3n) is 3.48. The molecule has 1 aliphatic rings. The van der Waals surface area contributed by atoms with Crippen molar-refractivity contribution < 1.29 is 22.7 Å². The van der Waals surface area contributed by atoms with E-state index in [4.69, 9.17) is 0 Å². The van der Waals surface area contributed by atoms with Crippen LogP contribution in [-0.4, -0.2) is 47.0 Å². The van der Waals surface area contributed by atoms with Crippen LogP contribution in [0, 0.1) is 5.92 Å². The van der Waals surface area contributed by atoms with E-state index in [0.29, 0.717) is 11.6 Å². The molecule has 1 aromatic rings. The second-order valence-electron chi connectivity index (χ2n) is 5.55. The van der Waals surface area contributed by atoms with Crippen LogP contribution in [0.15, 0.2) is 29.2 Å². The van der Waals surface area contributed by atoms with Gasteiger partial charge in [0.15, 0.2) is 0 Å². The number of hydrogen-bond acceptors (Lipinski definition) is 6. The minimum Gasteiger partial charge on any atom is -0.468 e. The number of amides is 1. The summed E-state index contributed by atoms with van der Waals surface area (Å²) >= 11 is 0. The number of hydrogen-bond donors (Lipinski definition) is 3. The van der Waals surface area contributed by atoms with E-state index in [-0.39, 0.29) is 17.3 Å². The number of methoxy groups -OCH3 is 1. The summed E-state index contributed by atoms with van der Waals surface area (Å²) in [6.45, 7) is 0.536. The lowest BCUT2D eigenvalue weighted by Crippen LogP contribution is -2.31. The second-order valence-corrected chi connectivity index (χ2v) is 7.32. The molecule has 1 amide bonds. The maximum Gasteiger partial charge on any atom is 0.320 e. The fourth-order valence-electron chi connectivity index (χ4n) is 1.97. The first-order chi connectivity index (χ1) is 11.4. The summed E-state index contributed by atoms with van der Waals surface area (Å²) in [5.74, 6) is -0.260. The predicted octanol–water partition coefficient (Wildman–Crippen LogP) is 0.0760. The van der Waals surface area contributed by atoms with Gasteiger partial charge in [-0.1, -0.05) is 6.07 Å². The van der Waals surface area contributed by atoms with Crippen LogP contribution in [0.4, 0.5) is 5.69 Å². The Labute approximate surface area is 141 Å². The van der Waals surface area contributed by atoms with E-state index in [1.807, 2.05) is 0 Å². The van der Waals surface area contributed by atoms with Gasteiger partial charge in [-0.3, -0.25) is 9.59 Å². The first kappa shape index (κ1) is 18.4. The minimum atomic E-state index is -3.86. The van der Waals surface area contributed by atoms with Crippen LogP contribution < -0.4 is 15.4 Å². The van der Waals surface area contributed by atoms with E-state index in [9.17, 15) is 18.0 Å². The van der Waals surface area contributed by atoms with Gasteiger partial charge in [0.05, 0.1) is 18.6 Å². The molecular formula is C15H21N3O5S. The normalized spacial score (nSPS) is 14.2. The van der Waals surface area contributed by atoms with Crippen molar-refractivity contribution in [3.8, 4) is 0 Å². The van der Waals surface area contributed by atoms with E-state index in [1.54, 1.807) is 6.07 Å². The van der Waals surface area contributed by atoms with Crippen molar-refractivity contribution >= 4 is 27.6 Å². The summed E-state index contributed by atoms with van der Waals surface area (Å²) in [7, 11) is -2.69. The second kappa shape index (κ2) is 8.22. The Morgan fingerprint density at radius 2 is 2.00 bits per heavy atom. The molecule has 0 atom stereocenters. The first-order valence-electron chi connectivity index (χ1n) is 7.58. The zero-order valence-electron chi connectivity index (χ0n) is 13.4. The molecule has 0 spiro atoms. The highest BCUT2D eigenvalue weighted by molar-refractivity contribution is 7.89. The smallest absolute Gasteiger partial charge is 0.320 e. The van der Waals surface area contributed by atoms with Crippen molar-refractivity contribution in [3.63, 3.8) is 0 Å². The van der Waals surface area contributed by atoms with Gasteiger partial charge in [-0.25, -0.2) is 8.42 Å². The molecule has 132 valence electrons. The van der Waals surface area contributed by atoms with Gasteiger partial charge in [0.1, 0.15) is 6.54 Å². The van der Waals surface area contributed by atoms with Gasteiger partial charge in [0.2, 0.25) is 15.9 Å². The minimum absolute atomic E-state index is 0.0462. The number of rotatable bonds is 9. The average Bonchev–Trinajstić information content (AvgIpc) is 3.37. The summed E-state index contributed by atoms with van der Waals surface area (Å²) in [5, 5.41) is 5.70. The van der Waals surface area contributed by atoms with Crippen molar-refractivity contribution in [1.29, 1.82) is 0 Å². The van der Waals surface area contributed by atoms with Crippen LogP contribution in [0.1, 0.15) is 12.8 Å². The zero-order valence-corrected chi connectivity index (χ0v) is 14.2. The average molecular weight is 355 g/mol. The largest absolute Gasteiger partial charge is 0.468 e. The Morgan fingerprint density at radius 3 is 2.67 bits per heavy atom. The molecule has 0 heterocycles. The summed E-state index contributed by atoms with van der Waals surface area (Å²) < 4.78 is 30.7. The molecule has 0 saturated heterocycles. The maximum atomic E-state index is 12.1. The molecule has 24 heavy (non-hydrogen) atoms. The van der Waals surface area contributed by atoms with Gasteiger partial charge in [-0.05, 0) is 43.5 Å². The topological polar surface area (TPSA) is 114 Å². The molecule has 3 N–H and O–H groups in total. The van der Waals surface area contributed by atoms with E-state index in [1.165, 1.54) is 38.2 Å². The van der Waals surface area contributed by atoms with Crippen LogP contribution in [-0.2, 0) is 24.3 Å². The van der Waals surface area contributed by atoms with Crippen LogP contribution >= 0.6 is 0 Å². The number of carbonyl (C=O) groups is 2. The van der Waals surface area contributed by atoms with Gasteiger partial charge in [0, 0.05) is 5.69 Å². The van der Waals surface area contributed by atoms with Gasteiger partial charge in [-0.15, -0.1) is 0 Å². The number of anilines is 1. The fourth-order valence-corrected chi connectivity index (χ4v) is 2.98. The lowest BCUT2D eigenvalue weighted by atomic mass is 10.3. The number of nitrogens with one attached hydrogen (secondary N) is 3. The number of ether oxygens (including phenoxy) is 1. The third kappa shape index (κ3) is 5.91. The standard InChI is InChI=1S/C15H21N3O5S/c1-23-15(20)10-17-24(21,22)13-4-2-3-12(7-13)18-14(19)9-16-8-11-5-6-11/h2-4,7,11,16-17H,5-6,8-10H2,1H3,(H,18,19). The summed E-state index contributed by atoms with van der Waals surface area (Å²) in [6, 6.07) is 5.82. The molecule has 0 unspecified atom stereocenters. The highest BCUT2D eigenvalue weighted by Crippen LogP contribution is 2.27. The van der Waals surface area contributed by atoms with Crippen molar-refractivity contribution in [3.05, 3.63) is 24.3 Å². The summed E-state index contributed by atoms with van der Waals surface area (Å²) in [5.41, 5.74) is 0.370. The van der Waals surface area contributed by atoms with Crippen LogP contribution in [0.5, 0.6) is 0 Å². The molecule has 9 heteroatoms. The number of esters is 1. The van der Waals surface area contributed by atoms with Gasteiger partial charge >= 0.3 is 5.97 Å². The monoisotopic (exact) mass is 355 g/mol. The van der Waals surface area contributed by atoms with Crippen LogP contribution in [0.25, 0.3) is 0 Å². The predicted molar refractivity (Wildman–Crippen MR) is 87.9 cm³/mol. The van der Waals surface area contributed by atoms with Crippen LogP contribution in [0.2, 0.25) is 0 Å². The van der Waals surface area contributed by atoms with Gasteiger partial charge in [0.25, 0.3) is 0 Å². The lowest BCUT2D eigenvalue weighted by Gasteiger charge is -2.09. The number of benzene rings is 1. The molecule has 2 rings (SSSR count). The van der Waals surface area contributed by atoms with Crippen molar-refractivity contribution in [1.82, 2.24) is 10.0 Å².